The van der Waals surface area contributed by atoms with E-state index in [9.17, 15) is 9.59 Å². The summed E-state index contributed by atoms with van der Waals surface area (Å²) in [5.74, 6) is -0.417. The van der Waals surface area contributed by atoms with Crippen molar-refractivity contribution in [3.05, 3.63) is 0 Å². The molecule has 1 saturated heterocycles. The van der Waals surface area contributed by atoms with Crippen LogP contribution in [0.25, 0.3) is 0 Å². The molecule has 23 heavy (non-hydrogen) atoms. The number of rotatable bonds is 3. The van der Waals surface area contributed by atoms with Crippen molar-refractivity contribution in [2.45, 2.75) is 44.1 Å². The predicted octanol–water partition coefficient (Wildman–Crippen LogP) is 0.739. The zero-order valence-electron chi connectivity index (χ0n) is 13.9. The Balaban J connectivity index is 1.65. The Morgan fingerprint density at radius 3 is 2.26 bits per heavy atom. The molecule has 0 aromatic rings. The van der Waals surface area contributed by atoms with Gasteiger partial charge in [-0.15, -0.1) is 0 Å². The number of nitrogens with one attached hydrogen (secondary N) is 1. The third kappa shape index (κ3) is 3.50. The van der Waals surface area contributed by atoms with E-state index in [1.54, 1.807) is 0 Å². The minimum atomic E-state index is -0.643. The lowest BCUT2D eigenvalue weighted by Crippen LogP contribution is -2.52. The first-order valence-electron chi connectivity index (χ1n) is 8.75. The van der Waals surface area contributed by atoms with E-state index >= 15 is 0 Å². The van der Waals surface area contributed by atoms with Crippen LogP contribution < -0.4 is 5.32 Å². The SMILES string of the molecule is CN1CCN(C(=O)[C@@H]2CCCC[C@H]2C(=O)NC2(C#N)CC2)CC1. The van der Waals surface area contributed by atoms with Gasteiger partial charge in [-0.3, -0.25) is 9.59 Å². The second-order valence-corrected chi connectivity index (χ2v) is 7.31. The number of nitrogens with zero attached hydrogens (tertiary/aromatic N) is 3. The molecule has 3 aliphatic rings. The Morgan fingerprint density at radius 1 is 1.09 bits per heavy atom. The number of hydrogen-bond acceptors (Lipinski definition) is 4. The maximum atomic E-state index is 12.9. The molecule has 3 fully saturated rings. The van der Waals surface area contributed by atoms with E-state index in [-0.39, 0.29) is 23.7 Å². The maximum absolute atomic E-state index is 12.9. The van der Waals surface area contributed by atoms with Gasteiger partial charge in [0.05, 0.1) is 6.07 Å². The summed E-state index contributed by atoms with van der Waals surface area (Å²) in [6.45, 7) is 3.30. The average Bonchev–Trinajstić information content (AvgIpc) is 3.35. The Labute approximate surface area is 137 Å². The van der Waals surface area contributed by atoms with Crippen LogP contribution in [0, 0.1) is 23.2 Å². The van der Waals surface area contributed by atoms with E-state index in [1.165, 1.54) is 0 Å². The quantitative estimate of drug-likeness (QED) is 0.833. The molecule has 3 rings (SSSR count). The van der Waals surface area contributed by atoms with Crippen LogP contribution in [0.5, 0.6) is 0 Å². The number of likely N-dealkylation sites (N-methyl/N-ethyl adjacent to an activating group) is 1. The van der Waals surface area contributed by atoms with Crippen molar-refractivity contribution in [1.29, 1.82) is 5.26 Å². The lowest BCUT2D eigenvalue weighted by Gasteiger charge is -2.38. The number of carbonyl (C=O) groups is 2. The van der Waals surface area contributed by atoms with Crippen LogP contribution in [-0.4, -0.2) is 60.4 Å². The molecule has 0 aromatic carbocycles. The van der Waals surface area contributed by atoms with Crippen molar-refractivity contribution >= 4 is 11.8 Å². The second-order valence-electron chi connectivity index (χ2n) is 7.31. The molecule has 0 aromatic heterocycles. The van der Waals surface area contributed by atoms with Crippen LogP contribution in [0.15, 0.2) is 0 Å². The molecule has 2 amide bonds. The Kier molecular flexibility index (Phi) is 4.58. The molecule has 2 saturated carbocycles. The number of amides is 2. The molecule has 6 heteroatoms. The summed E-state index contributed by atoms with van der Waals surface area (Å²) in [5, 5.41) is 12.1. The maximum Gasteiger partial charge on any atom is 0.226 e. The highest BCUT2D eigenvalue weighted by atomic mass is 16.2. The molecule has 126 valence electrons. The van der Waals surface area contributed by atoms with Gasteiger partial charge in [0.25, 0.3) is 0 Å². The van der Waals surface area contributed by atoms with Crippen LogP contribution in [-0.2, 0) is 9.59 Å². The Bertz CT molecular complexity index is 515. The smallest absolute Gasteiger partial charge is 0.226 e. The zero-order valence-corrected chi connectivity index (χ0v) is 13.9. The fourth-order valence-electron chi connectivity index (χ4n) is 3.72. The lowest BCUT2D eigenvalue weighted by atomic mass is 9.77. The minimum Gasteiger partial charge on any atom is -0.340 e. The monoisotopic (exact) mass is 318 g/mol. The van der Waals surface area contributed by atoms with Gasteiger partial charge in [0.1, 0.15) is 5.54 Å². The summed E-state index contributed by atoms with van der Waals surface area (Å²) in [6.07, 6.45) is 5.03. The van der Waals surface area contributed by atoms with Crippen LogP contribution in [0.3, 0.4) is 0 Å². The first-order valence-corrected chi connectivity index (χ1v) is 8.75. The van der Waals surface area contributed by atoms with Gasteiger partial charge in [-0.2, -0.15) is 5.26 Å². The Hall–Kier alpha value is -1.61. The molecule has 0 radical (unpaired) electrons. The van der Waals surface area contributed by atoms with E-state index in [0.717, 1.165) is 64.7 Å². The summed E-state index contributed by atoms with van der Waals surface area (Å²) in [6, 6.07) is 2.20. The van der Waals surface area contributed by atoms with E-state index < -0.39 is 5.54 Å². The van der Waals surface area contributed by atoms with Gasteiger partial charge in [0.2, 0.25) is 11.8 Å². The summed E-state index contributed by atoms with van der Waals surface area (Å²) < 4.78 is 0. The fraction of sp³-hybridized carbons (Fsp3) is 0.824. The molecule has 0 unspecified atom stereocenters. The predicted molar refractivity (Wildman–Crippen MR) is 85.2 cm³/mol. The molecule has 2 aliphatic carbocycles. The largest absolute Gasteiger partial charge is 0.340 e. The standard InChI is InChI=1S/C17H26N4O2/c1-20-8-10-21(11-9-20)16(23)14-5-3-2-4-13(14)15(22)19-17(12-18)6-7-17/h13-14H,2-11H2,1H3,(H,19,22)/t13-,14-/m1/s1. The van der Waals surface area contributed by atoms with Gasteiger partial charge >= 0.3 is 0 Å². The van der Waals surface area contributed by atoms with Gasteiger partial charge in [0, 0.05) is 38.0 Å². The zero-order chi connectivity index (χ0) is 16.4. The normalized spacial score (nSPS) is 30.3. The first kappa shape index (κ1) is 16.3. The number of carbonyl (C=O) groups excluding carboxylic acids is 2. The lowest BCUT2D eigenvalue weighted by molar-refractivity contribution is -0.145. The number of nitriles is 1. The van der Waals surface area contributed by atoms with Crippen molar-refractivity contribution in [1.82, 2.24) is 15.1 Å². The third-order valence-electron chi connectivity index (χ3n) is 5.56. The minimum absolute atomic E-state index is 0.0868. The molecule has 1 aliphatic heterocycles. The molecule has 2 atom stereocenters. The third-order valence-corrected chi connectivity index (χ3v) is 5.56. The van der Waals surface area contributed by atoms with Gasteiger partial charge < -0.3 is 15.1 Å². The van der Waals surface area contributed by atoms with E-state index in [4.69, 9.17) is 5.26 Å². The summed E-state index contributed by atoms with van der Waals surface area (Å²) in [7, 11) is 2.07. The van der Waals surface area contributed by atoms with Gasteiger partial charge in [-0.1, -0.05) is 12.8 Å². The average molecular weight is 318 g/mol. The van der Waals surface area contributed by atoms with Gasteiger partial charge in [-0.25, -0.2) is 0 Å². The first-order chi connectivity index (χ1) is 11.0. The molecular formula is C17H26N4O2. The fourth-order valence-corrected chi connectivity index (χ4v) is 3.72. The number of hydrogen-bond donors (Lipinski definition) is 1. The van der Waals surface area contributed by atoms with E-state index in [1.807, 2.05) is 4.90 Å². The molecule has 1 N–H and O–H groups in total. The van der Waals surface area contributed by atoms with E-state index in [2.05, 4.69) is 23.3 Å². The molecule has 0 spiro atoms. The highest BCUT2D eigenvalue weighted by Crippen LogP contribution is 2.37. The summed E-state index contributed by atoms with van der Waals surface area (Å²) >= 11 is 0. The highest BCUT2D eigenvalue weighted by molar-refractivity contribution is 5.88. The highest BCUT2D eigenvalue weighted by Gasteiger charge is 2.47. The molecular weight excluding hydrogens is 292 g/mol. The molecule has 6 nitrogen and oxygen atoms in total. The van der Waals surface area contributed by atoms with Crippen LogP contribution in [0.2, 0.25) is 0 Å². The summed E-state index contributed by atoms with van der Waals surface area (Å²) in [4.78, 5) is 29.7. The Morgan fingerprint density at radius 2 is 1.70 bits per heavy atom. The number of piperazine rings is 1. The second kappa shape index (κ2) is 6.48. The topological polar surface area (TPSA) is 76.4 Å². The van der Waals surface area contributed by atoms with Crippen LogP contribution in [0.4, 0.5) is 0 Å². The van der Waals surface area contributed by atoms with Crippen molar-refractivity contribution < 1.29 is 9.59 Å². The van der Waals surface area contributed by atoms with Crippen molar-refractivity contribution in [2.24, 2.45) is 11.8 Å². The summed E-state index contributed by atoms with van der Waals surface area (Å²) in [5.41, 5.74) is -0.643. The molecule has 0 bridgehead atoms. The van der Waals surface area contributed by atoms with Crippen molar-refractivity contribution in [3.63, 3.8) is 0 Å². The van der Waals surface area contributed by atoms with Crippen LogP contribution >= 0.6 is 0 Å². The van der Waals surface area contributed by atoms with Crippen LogP contribution in [0.1, 0.15) is 38.5 Å². The molecule has 1 heterocycles. The van der Waals surface area contributed by atoms with Gasteiger partial charge in [-0.05, 0) is 32.7 Å². The van der Waals surface area contributed by atoms with Gasteiger partial charge in [0.15, 0.2) is 0 Å². The van der Waals surface area contributed by atoms with E-state index in [0.29, 0.717) is 0 Å². The van der Waals surface area contributed by atoms with Crippen molar-refractivity contribution in [3.8, 4) is 6.07 Å². The van der Waals surface area contributed by atoms with Crippen molar-refractivity contribution in [2.75, 3.05) is 33.2 Å².